The summed E-state index contributed by atoms with van der Waals surface area (Å²) in [6.45, 7) is 0. The van der Waals surface area contributed by atoms with Crippen molar-refractivity contribution >= 4 is 66.5 Å². The number of carbonyl (C=O) groups is 2. The predicted octanol–water partition coefficient (Wildman–Crippen LogP) is 4.43. The molecule has 4 nitrogen and oxygen atoms in total. The van der Waals surface area contributed by atoms with Gasteiger partial charge in [-0.15, -0.1) is 22.7 Å². The third kappa shape index (κ3) is 4.18. The Hall–Kier alpha value is -0.700. The number of methoxy groups -OCH3 is 2. The largest absolute Gasteiger partial charge is 0.469 e. The highest BCUT2D eigenvalue weighted by molar-refractivity contribution is 9.11. The summed E-state index contributed by atoms with van der Waals surface area (Å²) >= 11 is 9.97. The fourth-order valence-electron chi connectivity index (χ4n) is 1.89. The number of carbonyl (C=O) groups excluding carboxylic acids is 2. The zero-order valence-corrected chi connectivity index (χ0v) is 16.6. The fourth-order valence-corrected chi connectivity index (χ4v) is 5.43. The van der Waals surface area contributed by atoms with Gasteiger partial charge in [0.15, 0.2) is 0 Å². The van der Waals surface area contributed by atoms with Crippen molar-refractivity contribution in [3.63, 3.8) is 0 Å². The quantitative estimate of drug-likeness (QED) is 0.610. The molecule has 2 aromatic heterocycles. The number of hydrogen-bond donors (Lipinski definition) is 0. The molecule has 0 aliphatic carbocycles. The van der Waals surface area contributed by atoms with Gasteiger partial charge in [0, 0.05) is 9.75 Å². The standard InChI is InChI=1S/C14H12Br2O4S2/c1-19-11(17)5-7-3-9(15)21-13(7)14-8(4-10(16)22-14)6-12(18)20-2/h3-4H,5-6H2,1-2H3. The lowest BCUT2D eigenvalue weighted by Gasteiger charge is -2.04. The van der Waals surface area contributed by atoms with Gasteiger partial charge in [-0.1, -0.05) is 0 Å². The summed E-state index contributed by atoms with van der Waals surface area (Å²) in [5, 5.41) is 0. The zero-order valence-electron chi connectivity index (χ0n) is 11.8. The molecule has 2 heterocycles. The van der Waals surface area contributed by atoms with E-state index < -0.39 is 0 Å². The molecule has 0 atom stereocenters. The van der Waals surface area contributed by atoms with Crippen LogP contribution in [0.2, 0.25) is 0 Å². The van der Waals surface area contributed by atoms with Crippen LogP contribution in [0.1, 0.15) is 11.1 Å². The van der Waals surface area contributed by atoms with Crippen LogP contribution in [0, 0.1) is 0 Å². The van der Waals surface area contributed by atoms with Gasteiger partial charge in [-0.05, 0) is 55.1 Å². The van der Waals surface area contributed by atoms with Crippen LogP contribution in [0.15, 0.2) is 19.7 Å². The van der Waals surface area contributed by atoms with E-state index in [0.717, 1.165) is 28.5 Å². The van der Waals surface area contributed by atoms with E-state index in [0.29, 0.717) is 0 Å². The van der Waals surface area contributed by atoms with Crippen LogP contribution in [0.5, 0.6) is 0 Å². The maximum absolute atomic E-state index is 11.6. The number of thiophene rings is 2. The first-order chi connectivity index (χ1) is 10.4. The first-order valence-corrected chi connectivity index (χ1v) is 9.37. The molecule has 8 heteroatoms. The minimum Gasteiger partial charge on any atom is -0.469 e. The van der Waals surface area contributed by atoms with Gasteiger partial charge in [0.2, 0.25) is 0 Å². The van der Waals surface area contributed by atoms with E-state index in [4.69, 9.17) is 9.47 Å². The molecule has 118 valence electrons. The van der Waals surface area contributed by atoms with Gasteiger partial charge in [-0.2, -0.15) is 0 Å². The number of hydrogen-bond acceptors (Lipinski definition) is 6. The number of rotatable bonds is 5. The summed E-state index contributed by atoms with van der Waals surface area (Å²) in [5.41, 5.74) is 1.76. The van der Waals surface area contributed by atoms with Crippen LogP contribution in [0.4, 0.5) is 0 Å². The minimum absolute atomic E-state index is 0.196. The van der Waals surface area contributed by atoms with Crippen molar-refractivity contribution in [3.8, 4) is 9.75 Å². The van der Waals surface area contributed by atoms with Gasteiger partial charge in [0.05, 0.1) is 34.6 Å². The Morgan fingerprint density at radius 1 is 0.909 bits per heavy atom. The van der Waals surface area contributed by atoms with E-state index in [1.54, 1.807) is 0 Å². The summed E-state index contributed by atoms with van der Waals surface area (Å²) in [6, 6.07) is 3.82. The molecule has 22 heavy (non-hydrogen) atoms. The van der Waals surface area contributed by atoms with Crippen LogP contribution in [-0.4, -0.2) is 26.2 Å². The van der Waals surface area contributed by atoms with Crippen molar-refractivity contribution in [2.75, 3.05) is 14.2 Å². The molecule has 0 aliphatic rings. The van der Waals surface area contributed by atoms with E-state index in [1.807, 2.05) is 12.1 Å². The Kier molecular flexibility index (Phi) is 6.19. The highest BCUT2D eigenvalue weighted by atomic mass is 79.9. The van der Waals surface area contributed by atoms with Gasteiger partial charge in [0.1, 0.15) is 0 Å². The zero-order chi connectivity index (χ0) is 16.3. The molecule has 0 unspecified atom stereocenters. The van der Waals surface area contributed by atoms with Gasteiger partial charge >= 0.3 is 11.9 Å². The Morgan fingerprint density at radius 2 is 1.27 bits per heavy atom. The third-order valence-electron chi connectivity index (χ3n) is 2.89. The second kappa shape index (κ2) is 7.72. The second-order valence-corrected chi connectivity index (χ2v) is 9.18. The second-order valence-electron chi connectivity index (χ2n) is 4.32. The summed E-state index contributed by atoms with van der Waals surface area (Å²) in [5.74, 6) is -0.589. The molecule has 0 saturated carbocycles. The van der Waals surface area contributed by atoms with Crippen molar-refractivity contribution in [1.82, 2.24) is 0 Å². The molecule has 0 aromatic carbocycles. The highest BCUT2D eigenvalue weighted by Gasteiger charge is 2.20. The van der Waals surface area contributed by atoms with Gasteiger partial charge in [-0.25, -0.2) is 0 Å². The lowest BCUT2D eigenvalue weighted by Crippen LogP contribution is -2.05. The number of ether oxygens (including phenoxy) is 2. The summed E-state index contributed by atoms with van der Waals surface area (Å²) < 4.78 is 11.3. The normalized spacial score (nSPS) is 10.5. The molecular weight excluding hydrogens is 456 g/mol. The van der Waals surface area contributed by atoms with Crippen molar-refractivity contribution in [2.45, 2.75) is 12.8 Å². The fraction of sp³-hybridized carbons (Fsp3) is 0.286. The Labute approximate surface area is 152 Å². The molecule has 0 bridgehead atoms. The molecule has 0 saturated heterocycles. The Balaban J connectivity index is 2.43. The molecule has 2 rings (SSSR count). The van der Waals surface area contributed by atoms with E-state index >= 15 is 0 Å². The van der Waals surface area contributed by atoms with Gasteiger partial charge in [-0.3, -0.25) is 9.59 Å². The topological polar surface area (TPSA) is 52.6 Å². The average molecular weight is 468 g/mol. The maximum atomic E-state index is 11.6. The van der Waals surface area contributed by atoms with E-state index in [2.05, 4.69) is 31.9 Å². The summed E-state index contributed by atoms with van der Waals surface area (Å²) in [4.78, 5) is 25.1. The molecule has 0 amide bonds. The van der Waals surface area contributed by atoms with Crippen LogP contribution >= 0.6 is 54.5 Å². The SMILES string of the molecule is COC(=O)Cc1cc(Br)sc1-c1sc(Br)cc1CC(=O)OC. The molecule has 0 aliphatic heterocycles. The molecule has 0 N–H and O–H groups in total. The van der Waals surface area contributed by atoms with Crippen LogP contribution in [0.25, 0.3) is 9.75 Å². The van der Waals surface area contributed by atoms with Crippen molar-refractivity contribution in [1.29, 1.82) is 0 Å². The molecule has 0 radical (unpaired) electrons. The van der Waals surface area contributed by atoms with E-state index in [9.17, 15) is 9.59 Å². The maximum Gasteiger partial charge on any atom is 0.310 e. The monoisotopic (exact) mass is 466 g/mol. The van der Waals surface area contributed by atoms with Gasteiger partial charge in [0.25, 0.3) is 0 Å². The van der Waals surface area contributed by atoms with Crippen LogP contribution in [0.3, 0.4) is 0 Å². The van der Waals surface area contributed by atoms with E-state index in [1.165, 1.54) is 36.9 Å². The smallest absolute Gasteiger partial charge is 0.310 e. The molecule has 2 aromatic rings. The molecular formula is C14H12Br2O4S2. The summed E-state index contributed by atoms with van der Waals surface area (Å²) in [6.07, 6.45) is 0.391. The summed E-state index contributed by atoms with van der Waals surface area (Å²) in [7, 11) is 2.74. The highest BCUT2D eigenvalue weighted by Crippen LogP contribution is 2.43. The van der Waals surface area contributed by atoms with Crippen molar-refractivity contribution < 1.29 is 19.1 Å². The number of halogens is 2. The first-order valence-electron chi connectivity index (χ1n) is 6.15. The molecule has 0 spiro atoms. The average Bonchev–Trinajstić information content (AvgIpc) is 3.01. The Morgan fingerprint density at radius 3 is 1.59 bits per heavy atom. The lowest BCUT2D eigenvalue weighted by molar-refractivity contribution is -0.140. The van der Waals surface area contributed by atoms with Crippen molar-refractivity contribution in [2.24, 2.45) is 0 Å². The number of esters is 2. The lowest BCUT2D eigenvalue weighted by atomic mass is 10.1. The van der Waals surface area contributed by atoms with Crippen LogP contribution in [-0.2, 0) is 31.9 Å². The first kappa shape index (κ1) is 17.7. The van der Waals surface area contributed by atoms with Crippen LogP contribution < -0.4 is 0 Å². The van der Waals surface area contributed by atoms with E-state index in [-0.39, 0.29) is 24.8 Å². The predicted molar refractivity (Wildman–Crippen MR) is 94.5 cm³/mol. The Bertz CT molecular complexity index is 646. The third-order valence-corrected chi connectivity index (χ3v) is 6.41. The minimum atomic E-state index is -0.295. The molecule has 0 fully saturated rings. The van der Waals surface area contributed by atoms with Gasteiger partial charge < -0.3 is 9.47 Å². The van der Waals surface area contributed by atoms with Crippen molar-refractivity contribution in [3.05, 3.63) is 30.8 Å².